The number of Topliss-reactive ketones (excluding diaryl/α,β-unsaturated/α-hetero) is 1. The average molecular weight is 298 g/mol. The van der Waals surface area contributed by atoms with Crippen LogP contribution in [0, 0.1) is 27.7 Å². The smallest absolute Gasteiger partial charge is 0.176 e. The Morgan fingerprint density at radius 1 is 0.905 bits per heavy atom. The predicted molar refractivity (Wildman–Crippen MR) is 91.5 cm³/mol. The third kappa shape index (κ3) is 3.76. The average Bonchev–Trinajstić information content (AvgIpc) is 2.44. The first-order valence-corrected chi connectivity index (χ1v) is 8.12. The number of hydrogen-bond donors (Lipinski definition) is 0. The molecule has 1 unspecified atom stereocenters. The molecule has 2 heteroatoms. The molecule has 0 amide bonds. The molecule has 0 radical (unpaired) electrons. The molecule has 1 atom stereocenters. The van der Waals surface area contributed by atoms with Crippen molar-refractivity contribution in [1.29, 1.82) is 0 Å². The second-order valence-corrected chi connectivity index (χ2v) is 7.09. The van der Waals surface area contributed by atoms with Gasteiger partial charge in [0.2, 0.25) is 0 Å². The first-order valence-electron chi connectivity index (χ1n) is 7.24. The molecule has 0 saturated heterocycles. The Labute approximate surface area is 131 Å². The number of benzene rings is 2. The van der Waals surface area contributed by atoms with Gasteiger partial charge in [0, 0.05) is 10.5 Å². The van der Waals surface area contributed by atoms with Crippen molar-refractivity contribution >= 4 is 17.5 Å². The second-order valence-electron chi connectivity index (χ2n) is 5.71. The second kappa shape index (κ2) is 6.48. The van der Waals surface area contributed by atoms with Crippen LogP contribution in [0.1, 0.15) is 39.5 Å². The summed E-state index contributed by atoms with van der Waals surface area (Å²) >= 11 is 1.65. The Hall–Kier alpha value is -1.54. The van der Waals surface area contributed by atoms with E-state index in [1.165, 1.54) is 16.0 Å². The summed E-state index contributed by atoms with van der Waals surface area (Å²) in [5, 5.41) is -0.0778. The van der Waals surface area contributed by atoms with Gasteiger partial charge in [-0.1, -0.05) is 35.4 Å². The molecular formula is C19H22OS. The van der Waals surface area contributed by atoms with Gasteiger partial charge in [-0.15, -0.1) is 11.8 Å². The summed E-state index contributed by atoms with van der Waals surface area (Å²) in [6.45, 7) is 10.2. The monoisotopic (exact) mass is 298 g/mol. The number of aryl methyl sites for hydroxylation is 4. The lowest BCUT2D eigenvalue weighted by Crippen LogP contribution is -2.15. The molecule has 2 aromatic carbocycles. The number of carbonyl (C=O) groups excluding carboxylic acids is 1. The quantitative estimate of drug-likeness (QED) is 0.564. The highest BCUT2D eigenvalue weighted by Gasteiger charge is 2.19. The summed E-state index contributed by atoms with van der Waals surface area (Å²) in [4.78, 5) is 13.9. The van der Waals surface area contributed by atoms with Crippen molar-refractivity contribution in [2.45, 2.75) is 44.8 Å². The van der Waals surface area contributed by atoms with Gasteiger partial charge in [0.25, 0.3) is 0 Å². The number of thioether (sulfide) groups is 1. The minimum Gasteiger partial charge on any atom is -0.293 e. The molecule has 2 rings (SSSR count). The summed E-state index contributed by atoms with van der Waals surface area (Å²) in [6.07, 6.45) is 0. The van der Waals surface area contributed by atoms with Gasteiger partial charge in [-0.3, -0.25) is 4.79 Å². The lowest BCUT2D eigenvalue weighted by atomic mass is 10.0. The molecule has 0 saturated carbocycles. The largest absolute Gasteiger partial charge is 0.293 e. The maximum Gasteiger partial charge on any atom is 0.176 e. The molecule has 0 aliphatic carbocycles. The van der Waals surface area contributed by atoms with E-state index in [-0.39, 0.29) is 11.0 Å². The van der Waals surface area contributed by atoms with Crippen molar-refractivity contribution in [1.82, 2.24) is 0 Å². The normalized spacial score (nSPS) is 12.2. The zero-order chi connectivity index (χ0) is 15.6. The highest BCUT2D eigenvalue weighted by Crippen LogP contribution is 2.30. The highest BCUT2D eigenvalue weighted by molar-refractivity contribution is 8.00. The van der Waals surface area contributed by atoms with E-state index in [0.717, 1.165) is 16.7 Å². The van der Waals surface area contributed by atoms with Gasteiger partial charge >= 0.3 is 0 Å². The lowest BCUT2D eigenvalue weighted by molar-refractivity contribution is 0.0993. The molecule has 0 spiro atoms. The number of rotatable bonds is 4. The van der Waals surface area contributed by atoms with E-state index in [9.17, 15) is 4.79 Å². The number of hydrogen-bond acceptors (Lipinski definition) is 2. The van der Waals surface area contributed by atoms with E-state index in [1.807, 2.05) is 32.9 Å². The first-order chi connectivity index (χ1) is 9.88. The molecule has 0 N–H and O–H groups in total. The number of carbonyl (C=O) groups is 1. The Morgan fingerprint density at radius 3 is 2.14 bits per heavy atom. The predicted octanol–water partition coefficient (Wildman–Crippen LogP) is 5.28. The lowest BCUT2D eigenvalue weighted by Gasteiger charge is -2.14. The zero-order valence-electron chi connectivity index (χ0n) is 13.4. The van der Waals surface area contributed by atoms with Crippen molar-refractivity contribution in [3.05, 3.63) is 64.2 Å². The van der Waals surface area contributed by atoms with E-state index in [2.05, 4.69) is 38.1 Å². The standard InChI is InChI=1S/C19H22OS/c1-12-6-8-14(3)17(10-12)19(20)16(5)21-18-11-13(2)7-9-15(18)4/h6-11,16H,1-5H3. The van der Waals surface area contributed by atoms with Crippen LogP contribution in [0.5, 0.6) is 0 Å². The van der Waals surface area contributed by atoms with Gasteiger partial charge in [0.15, 0.2) is 5.78 Å². The molecule has 0 aliphatic rings. The Bertz CT molecular complexity index is 673. The molecule has 0 heterocycles. The molecule has 0 aliphatic heterocycles. The summed E-state index contributed by atoms with van der Waals surface area (Å²) < 4.78 is 0. The molecular weight excluding hydrogens is 276 g/mol. The third-order valence-electron chi connectivity index (χ3n) is 3.68. The van der Waals surface area contributed by atoms with Crippen LogP contribution in [0.4, 0.5) is 0 Å². The van der Waals surface area contributed by atoms with Crippen LogP contribution in [-0.4, -0.2) is 11.0 Å². The van der Waals surface area contributed by atoms with Crippen molar-refractivity contribution < 1.29 is 4.79 Å². The van der Waals surface area contributed by atoms with E-state index in [4.69, 9.17) is 0 Å². The highest BCUT2D eigenvalue weighted by atomic mass is 32.2. The Kier molecular flexibility index (Phi) is 4.89. The molecule has 1 nitrogen and oxygen atoms in total. The minimum absolute atomic E-state index is 0.0778. The Morgan fingerprint density at radius 2 is 1.48 bits per heavy atom. The topological polar surface area (TPSA) is 17.1 Å². The summed E-state index contributed by atoms with van der Waals surface area (Å²) in [6, 6.07) is 12.5. The SMILES string of the molecule is Cc1ccc(C)c(SC(C)C(=O)c2cc(C)ccc2C)c1. The van der Waals surface area contributed by atoms with Crippen LogP contribution >= 0.6 is 11.8 Å². The minimum atomic E-state index is -0.0778. The van der Waals surface area contributed by atoms with Crippen LogP contribution in [0.3, 0.4) is 0 Å². The van der Waals surface area contributed by atoms with Gasteiger partial charge < -0.3 is 0 Å². The van der Waals surface area contributed by atoms with Crippen molar-refractivity contribution in [2.75, 3.05) is 0 Å². The van der Waals surface area contributed by atoms with Crippen LogP contribution < -0.4 is 0 Å². The maximum atomic E-state index is 12.7. The maximum absolute atomic E-state index is 12.7. The van der Waals surface area contributed by atoms with E-state index < -0.39 is 0 Å². The summed E-state index contributed by atoms with van der Waals surface area (Å²) in [5.41, 5.74) is 5.49. The van der Waals surface area contributed by atoms with Gasteiger partial charge in [0.05, 0.1) is 5.25 Å². The van der Waals surface area contributed by atoms with Crippen molar-refractivity contribution in [3.63, 3.8) is 0 Å². The molecule has 0 fully saturated rings. The van der Waals surface area contributed by atoms with E-state index in [0.29, 0.717) is 0 Å². The molecule has 2 aromatic rings. The molecule has 21 heavy (non-hydrogen) atoms. The molecule has 110 valence electrons. The van der Waals surface area contributed by atoms with Crippen molar-refractivity contribution in [2.24, 2.45) is 0 Å². The van der Waals surface area contributed by atoms with Crippen LogP contribution in [0.2, 0.25) is 0 Å². The van der Waals surface area contributed by atoms with Gasteiger partial charge in [-0.25, -0.2) is 0 Å². The van der Waals surface area contributed by atoms with Crippen molar-refractivity contribution in [3.8, 4) is 0 Å². The van der Waals surface area contributed by atoms with Gasteiger partial charge in [-0.05, 0) is 57.9 Å². The fraction of sp³-hybridized carbons (Fsp3) is 0.316. The first kappa shape index (κ1) is 15.8. The Balaban J connectivity index is 2.23. The van der Waals surface area contributed by atoms with Crippen LogP contribution in [-0.2, 0) is 0 Å². The van der Waals surface area contributed by atoms with Crippen LogP contribution in [0.25, 0.3) is 0 Å². The van der Waals surface area contributed by atoms with E-state index in [1.54, 1.807) is 11.8 Å². The van der Waals surface area contributed by atoms with Gasteiger partial charge in [-0.2, -0.15) is 0 Å². The molecule has 0 aromatic heterocycles. The zero-order valence-corrected chi connectivity index (χ0v) is 14.2. The van der Waals surface area contributed by atoms with Crippen LogP contribution in [0.15, 0.2) is 41.3 Å². The van der Waals surface area contributed by atoms with E-state index >= 15 is 0 Å². The van der Waals surface area contributed by atoms with Gasteiger partial charge in [0.1, 0.15) is 0 Å². The molecule has 0 bridgehead atoms. The summed E-state index contributed by atoms with van der Waals surface area (Å²) in [7, 11) is 0. The fourth-order valence-corrected chi connectivity index (χ4v) is 3.42. The number of ketones is 1. The summed E-state index contributed by atoms with van der Waals surface area (Å²) in [5.74, 6) is 0.210. The fourth-order valence-electron chi connectivity index (χ4n) is 2.30. The third-order valence-corrected chi connectivity index (χ3v) is 4.94.